The molecule has 1 saturated heterocycles. The van der Waals surface area contributed by atoms with Gasteiger partial charge in [0.15, 0.2) is 0 Å². The molecule has 0 radical (unpaired) electrons. The van der Waals surface area contributed by atoms with E-state index >= 15 is 0 Å². The molecule has 0 aromatic heterocycles. The number of nitrogens with one attached hydrogen (secondary N) is 2. The van der Waals surface area contributed by atoms with E-state index in [1.165, 1.54) is 37.9 Å². The summed E-state index contributed by atoms with van der Waals surface area (Å²) in [5.74, 6) is 0.833. The third kappa shape index (κ3) is 4.02. The van der Waals surface area contributed by atoms with Crippen LogP contribution in [0.2, 0.25) is 0 Å². The van der Waals surface area contributed by atoms with Crippen LogP contribution in [0.15, 0.2) is 24.3 Å². The smallest absolute Gasteiger partial charge is 0.0484 e. The fourth-order valence-electron chi connectivity index (χ4n) is 3.48. The SMILES string of the molecule is CC(C)C.CSNC1c2ccccc2CC12CCNCC2. The van der Waals surface area contributed by atoms with E-state index in [9.17, 15) is 0 Å². The Bertz CT molecular complexity index is 436. The van der Waals surface area contributed by atoms with Gasteiger partial charge in [0, 0.05) is 6.04 Å². The highest BCUT2D eigenvalue weighted by Gasteiger charge is 2.46. The van der Waals surface area contributed by atoms with Crippen LogP contribution in [-0.4, -0.2) is 19.3 Å². The fourth-order valence-corrected chi connectivity index (χ4v) is 4.10. The first-order valence-corrected chi connectivity index (χ1v) is 9.38. The molecule has 0 amide bonds. The molecule has 3 heteroatoms. The largest absolute Gasteiger partial charge is 0.317 e. The van der Waals surface area contributed by atoms with Crippen molar-refractivity contribution in [1.82, 2.24) is 10.0 Å². The van der Waals surface area contributed by atoms with Crippen molar-refractivity contribution in [2.75, 3.05) is 19.3 Å². The molecule has 2 N–H and O–H groups in total. The number of rotatable bonds is 2. The van der Waals surface area contributed by atoms with Gasteiger partial charge in [0.25, 0.3) is 0 Å². The molecular weight excluding hydrogens is 276 g/mol. The van der Waals surface area contributed by atoms with E-state index in [0.717, 1.165) is 5.92 Å². The first kappa shape index (κ1) is 16.9. The number of piperidine rings is 1. The van der Waals surface area contributed by atoms with Gasteiger partial charge < -0.3 is 5.32 Å². The van der Waals surface area contributed by atoms with Crippen LogP contribution >= 0.6 is 11.9 Å². The van der Waals surface area contributed by atoms with Gasteiger partial charge in [-0.15, -0.1) is 0 Å². The number of fused-ring (bicyclic) bond motifs is 1. The monoisotopic (exact) mass is 306 g/mol. The molecule has 118 valence electrons. The predicted octanol–water partition coefficient (Wildman–Crippen LogP) is 4.18. The molecule has 1 aromatic rings. The summed E-state index contributed by atoms with van der Waals surface area (Å²) in [6.45, 7) is 8.83. The molecule has 1 aromatic carbocycles. The van der Waals surface area contributed by atoms with Crippen LogP contribution in [-0.2, 0) is 6.42 Å². The molecule has 1 atom stereocenters. The van der Waals surface area contributed by atoms with Crippen LogP contribution in [0, 0.1) is 11.3 Å². The molecule has 1 heterocycles. The third-order valence-corrected chi connectivity index (χ3v) is 4.83. The average Bonchev–Trinajstić information content (AvgIpc) is 2.73. The first-order valence-electron chi connectivity index (χ1n) is 8.16. The van der Waals surface area contributed by atoms with Crippen molar-refractivity contribution < 1.29 is 0 Å². The molecule has 2 aliphatic rings. The van der Waals surface area contributed by atoms with Crippen LogP contribution in [0.3, 0.4) is 0 Å². The van der Waals surface area contributed by atoms with Crippen LogP contribution in [0.25, 0.3) is 0 Å². The lowest BCUT2D eigenvalue weighted by atomic mass is 9.73. The molecule has 1 aliphatic heterocycles. The maximum absolute atomic E-state index is 3.65. The molecule has 21 heavy (non-hydrogen) atoms. The molecule has 1 unspecified atom stereocenters. The Morgan fingerprint density at radius 1 is 1.19 bits per heavy atom. The van der Waals surface area contributed by atoms with Crippen LogP contribution in [0.4, 0.5) is 0 Å². The summed E-state index contributed by atoms with van der Waals surface area (Å²) in [6.07, 6.45) is 5.97. The van der Waals surface area contributed by atoms with Crippen molar-refractivity contribution in [3.63, 3.8) is 0 Å². The van der Waals surface area contributed by atoms with Gasteiger partial charge in [0.2, 0.25) is 0 Å². The van der Waals surface area contributed by atoms with Crippen molar-refractivity contribution in [1.29, 1.82) is 0 Å². The lowest BCUT2D eigenvalue weighted by molar-refractivity contribution is 0.166. The molecule has 3 rings (SSSR count). The van der Waals surface area contributed by atoms with Gasteiger partial charge in [0.05, 0.1) is 0 Å². The number of benzene rings is 1. The Hall–Kier alpha value is -0.510. The highest BCUT2D eigenvalue weighted by molar-refractivity contribution is 7.96. The number of hydrogen-bond donors (Lipinski definition) is 2. The summed E-state index contributed by atoms with van der Waals surface area (Å²) >= 11 is 1.76. The first-order chi connectivity index (χ1) is 10.1. The zero-order valence-electron chi connectivity index (χ0n) is 13.9. The van der Waals surface area contributed by atoms with Crippen molar-refractivity contribution in [3.05, 3.63) is 35.4 Å². The average molecular weight is 307 g/mol. The zero-order valence-corrected chi connectivity index (χ0v) is 14.7. The van der Waals surface area contributed by atoms with Gasteiger partial charge in [-0.05, 0) is 61.1 Å². The Labute approximate surface area is 134 Å². The van der Waals surface area contributed by atoms with Crippen LogP contribution < -0.4 is 10.0 Å². The Morgan fingerprint density at radius 3 is 2.43 bits per heavy atom. The van der Waals surface area contributed by atoms with Crippen LogP contribution in [0.1, 0.15) is 50.8 Å². The van der Waals surface area contributed by atoms with Gasteiger partial charge in [-0.3, -0.25) is 4.72 Å². The zero-order chi connectivity index (χ0) is 15.3. The highest BCUT2D eigenvalue weighted by Crippen LogP contribution is 2.51. The molecule has 1 spiro atoms. The summed E-state index contributed by atoms with van der Waals surface area (Å²) < 4.78 is 3.65. The normalized spacial score (nSPS) is 22.8. The minimum atomic E-state index is 0.456. The minimum absolute atomic E-state index is 0.456. The molecule has 2 nitrogen and oxygen atoms in total. The summed E-state index contributed by atoms with van der Waals surface area (Å²) in [4.78, 5) is 0. The van der Waals surface area contributed by atoms with Gasteiger partial charge in [-0.2, -0.15) is 0 Å². The van der Waals surface area contributed by atoms with Crippen LogP contribution in [0.5, 0.6) is 0 Å². The molecule has 0 bridgehead atoms. The van der Waals surface area contributed by atoms with E-state index in [2.05, 4.69) is 61.3 Å². The van der Waals surface area contributed by atoms with E-state index < -0.39 is 0 Å². The summed E-state index contributed by atoms with van der Waals surface area (Å²) in [5, 5.41) is 3.49. The summed E-state index contributed by atoms with van der Waals surface area (Å²) in [5.41, 5.74) is 3.54. The maximum Gasteiger partial charge on any atom is 0.0484 e. The molecular formula is C18H30N2S. The van der Waals surface area contributed by atoms with E-state index in [-0.39, 0.29) is 0 Å². The van der Waals surface area contributed by atoms with Crippen molar-refractivity contribution in [3.8, 4) is 0 Å². The topological polar surface area (TPSA) is 24.1 Å². The maximum atomic E-state index is 3.65. The molecule has 1 fully saturated rings. The minimum Gasteiger partial charge on any atom is -0.317 e. The Balaban J connectivity index is 0.000000361. The van der Waals surface area contributed by atoms with E-state index in [1.807, 2.05) is 0 Å². The highest BCUT2D eigenvalue weighted by atomic mass is 32.2. The van der Waals surface area contributed by atoms with Gasteiger partial charge in [0.1, 0.15) is 0 Å². The van der Waals surface area contributed by atoms with Crippen molar-refractivity contribution in [2.24, 2.45) is 11.3 Å². The van der Waals surface area contributed by atoms with Gasteiger partial charge in [-0.1, -0.05) is 57.0 Å². The molecule has 0 saturated carbocycles. The summed E-state index contributed by atoms with van der Waals surface area (Å²) in [6, 6.07) is 9.50. The predicted molar refractivity (Wildman–Crippen MR) is 94.6 cm³/mol. The lowest BCUT2D eigenvalue weighted by Gasteiger charge is -2.39. The molecule has 1 aliphatic carbocycles. The van der Waals surface area contributed by atoms with E-state index in [4.69, 9.17) is 0 Å². The summed E-state index contributed by atoms with van der Waals surface area (Å²) in [7, 11) is 0. The van der Waals surface area contributed by atoms with Gasteiger partial charge >= 0.3 is 0 Å². The second-order valence-corrected chi connectivity index (χ2v) is 7.62. The quantitative estimate of drug-likeness (QED) is 0.801. The van der Waals surface area contributed by atoms with Crippen molar-refractivity contribution in [2.45, 2.75) is 46.1 Å². The van der Waals surface area contributed by atoms with Crippen molar-refractivity contribution >= 4 is 11.9 Å². The standard InChI is InChI=1S/C14H20N2S.C4H10/c1-17-16-13-12-5-3-2-4-11(12)10-14(13)6-8-15-9-7-14;1-4(2)3/h2-5,13,15-16H,6-10H2,1H3;4H,1-3H3. The number of hydrogen-bond acceptors (Lipinski definition) is 3. The Kier molecular flexibility index (Phi) is 6.15. The van der Waals surface area contributed by atoms with E-state index in [1.54, 1.807) is 17.5 Å². The van der Waals surface area contributed by atoms with Gasteiger partial charge in [-0.25, -0.2) is 0 Å². The third-order valence-electron chi connectivity index (χ3n) is 4.36. The lowest BCUT2D eigenvalue weighted by Crippen LogP contribution is -2.42. The Morgan fingerprint density at radius 2 is 1.81 bits per heavy atom. The fraction of sp³-hybridized carbons (Fsp3) is 0.667. The second kappa shape index (κ2) is 7.66. The second-order valence-electron chi connectivity index (χ2n) is 6.98. The van der Waals surface area contributed by atoms with E-state index in [0.29, 0.717) is 11.5 Å².